The van der Waals surface area contributed by atoms with Crippen molar-refractivity contribution in [1.29, 1.82) is 0 Å². The summed E-state index contributed by atoms with van der Waals surface area (Å²) in [5.41, 5.74) is 2.02. The summed E-state index contributed by atoms with van der Waals surface area (Å²) >= 11 is 4.54. The van der Waals surface area contributed by atoms with Crippen molar-refractivity contribution in [3.8, 4) is 5.75 Å². The molecule has 0 unspecified atom stereocenters. The highest BCUT2D eigenvalue weighted by molar-refractivity contribution is 7.80. The number of phenols is 1. The lowest BCUT2D eigenvalue weighted by atomic mass is 9.70. The van der Waals surface area contributed by atoms with Crippen LogP contribution in [0.4, 0.5) is 0 Å². The van der Waals surface area contributed by atoms with Gasteiger partial charge in [-0.25, -0.2) is 0 Å². The van der Waals surface area contributed by atoms with Crippen molar-refractivity contribution >= 4 is 12.6 Å². The Morgan fingerprint density at radius 2 is 1.35 bits per heavy atom. The minimum absolute atomic E-state index is 0.0823. The molecule has 20 heavy (non-hydrogen) atoms. The minimum atomic E-state index is -0.0879. The van der Waals surface area contributed by atoms with Gasteiger partial charge in [-0.3, -0.25) is 0 Å². The molecule has 0 aromatic heterocycles. The highest BCUT2D eigenvalue weighted by Gasteiger charge is 2.32. The average molecular weight is 295 g/mol. The summed E-state index contributed by atoms with van der Waals surface area (Å²) in [6.45, 7) is 17.5. The van der Waals surface area contributed by atoms with Crippen molar-refractivity contribution in [3.63, 3.8) is 0 Å². The Morgan fingerprint density at radius 1 is 0.900 bits per heavy atom. The molecule has 0 fully saturated rings. The molecule has 1 aromatic rings. The van der Waals surface area contributed by atoms with Crippen molar-refractivity contribution in [2.45, 2.75) is 77.5 Å². The van der Waals surface area contributed by atoms with E-state index in [1.807, 2.05) is 12.1 Å². The zero-order valence-electron chi connectivity index (χ0n) is 14.3. The maximum Gasteiger partial charge on any atom is 0.123 e. The number of hydrogen-bond acceptors (Lipinski definition) is 2. The summed E-state index contributed by atoms with van der Waals surface area (Å²) in [5, 5.41) is 10.7. The van der Waals surface area contributed by atoms with Crippen LogP contribution in [-0.4, -0.2) is 5.11 Å². The van der Waals surface area contributed by atoms with Gasteiger partial charge in [-0.05, 0) is 34.8 Å². The van der Waals surface area contributed by atoms with Gasteiger partial charge in [0.15, 0.2) is 0 Å². The van der Waals surface area contributed by atoms with Gasteiger partial charge >= 0.3 is 0 Å². The monoisotopic (exact) mass is 294 g/mol. The number of benzene rings is 1. The molecule has 0 aliphatic heterocycles. The van der Waals surface area contributed by atoms with E-state index in [0.717, 1.165) is 22.4 Å². The van der Waals surface area contributed by atoms with E-state index >= 15 is 0 Å². The predicted molar refractivity (Wildman–Crippen MR) is 91.2 cm³/mol. The molecule has 0 radical (unpaired) electrons. The molecule has 0 aliphatic carbocycles. The highest BCUT2D eigenvalue weighted by Crippen LogP contribution is 2.44. The molecule has 1 nitrogen and oxygen atoms in total. The quantitative estimate of drug-likeness (QED) is 0.671. The lowest BCUT2D eigenvalue weighted by molar-refractivity contribution is 0.277. The third kappa shape index (κ3) is 4.18. The normalized spacial score (nSPS) is 13.7. The second-order valence-corrected chi connectivity index (χ2v) is 9.28. The van der Waals surface area contributed by atoms with Gasteiger partial charge < -0.3 is 5.11 Å². The Kier molecular flexibility index (Phi) is 4.61. The van der Waals surface area contributed by atoms with Gasteiger partial charge in [0.2, 0.25) is 0 Å². The van der Waals surface area contributed by atoms with Crippen LogP contribution in [0.15, 0.2) is 17.0 Å². The molecule has 1 aromatic carbocycles. The molecule has 0 bridgehead atoms. The first-order chi connectivity index (χ1) is 8.74. The third-order valence-corrected chi connectivity index (χ3v) is 3.86. The maximum atomic E-state index is 10.7. The smallest absolute Gasteiger partial charge is 0.123 e. The zero-order chi connectivity index (χ0) is 15.9. The topological polar surface area (TPSA) is 20.2 Å². The molecule has 0 heterocycles. The van der Waals surface area contributed by atoms with Crippen LogP contribution in [0, 0.1) is 5.41 Å². The molecular weight excluding hydrogens is 264 g/mol. The molecule has 0 aliphatic rings. The zero-order valence-corrected chi connectivity index (χ0v) is 15.2. The van der Waals surface area contributed by atoms with Gasteiger partial charge in [-0.1, -0.05) is 55.4 Å². The Balaban J connectivity index is 3.43. The first-order valence-corrected chi connectivity index (χ1v) is 7.76. The molecule has 0 spiro atoms. The fourth-order valence-corrected chi connectivity index (χ4v) is 3.39. The summed E-state index contributed by atoms with van der Waals surface area (Å²) in [7, 11) is 0. The summed E-state index contributed by atoms with van der Waals surface area (Å²) in [6.07, 6.45) is 1.01. The van der Waals surface area contributed by atoms with E-state index in [1.165, 1.54) is 0 Å². The maximum absolute atomic E-state index is 10.7. The largest absolute Gasteiger partial charge is 0.507 e. The summed E-state index contributed by atoms with van der Waals surface area (Å²) in [5.74, 6) is 0.435. The number of rotatable bonds is 2. The van der Waals surface area contributed by atoms with Crippen LogP contribution in [0.2, 0.25) is 0 Å². The Morgan fingerprint density at radius 3 is 1.75 bits per heavy atom. The fraction of sp³-hybridized carbons (Fsp3) is 0.667. The van der Waals surface area contributed by atoms with Crippen LogP contribution >= 0.6 is 12.6 Å². The highest BCUT2D eigenvalue weighted by atomic mass is 32.1. The second-order valence-electron chi connectivity index (χ2n) is 8.76. The predicted octanol–water partition coefficient (Wildman–Crippen LogP) is 5.69. The van der Waals surface area contributed by atoms with Crippen molar-refractivity contribution < 1.29 is 5.11 Å². The Hall–Kier alpha value is -0.630. The van der Waals surface area contributed by atoms with Gasteiger partial charge in [0.25, 0.3) is 0 Å². The van der Waals surface area contributed by atoms with Gasteiger partial charge in [-0.15, -0.1) is 12.6 Å². The number of phenolic OH excluding ortho intramolecular Hbond substituents is 1. The van der Waals surface area contributed by atoms with Crippen LogP contribution in [0.1, 0.15) is 72.9 Å². The van der Waals surface area contributed by atoms with Crippen molar-refractivity contribution in [1.82, 2.24) is 0 Å². The molecule has 0 amide bonds. The number of thiol groups is 1. The molecule has 1 N–H and O–H groups in total. The standard InChI is InChI=1S/C18H30OS/c1-16(2,3)11-18(7,8)14-10-12(20)9-13(15(14)19)17(4,5)6/h9-10,19-20H,11H2,1-8H3. The van der Waals surface area contributed by atoms with E-state index < -0.39 is 0 Å². The van der Waals surface area contributed by atoms with Crippen molar-refractivity contribution in [2.75, 3.05) is 0 Å². The van der Waals surface area contributed by atoms with E-state index in [1.54, 1.807) is 0 Å². The van der Waals surface area contributed by atoms with E-state index in [0.29, 0.717) is 5.75 Å². The van der Waals surface area contributed by atoms with E-state index in [2.05, 4.69) is 68.0 Å². The molecule has 0 atom stereocenters. The molecule has 0 saturated carbocycles. The number of hydrogen-bond donors (Lipinski definition) is 2. The molecular formula is C18H30OS. The summed E-state index contributed by atoms with van der Waals surface area (Å²) in [6, 6.07) is 3.99. The first kappa shape index (κ1) is 17.4. The number of aromatic hydroxyl groups is 1. The first-order valence-electron chi connectivity index (χ1n) is 7.31. The van der Waals surface area contributed by atoms with Crippen molar-refractivity contribution in [3.05, 3.63) is 23.3 Å². The Labute approximate surface area is 130 Å². The third-order valence-electron chi connectivity index (χ3n) is 3.60. The van der Waals surface area contributed by atoms with E-state index in [9.17, 15) is 5.11 Å². The van der Waals surface area contributed by atoms with Crippen LogP contribution in [-0.2, 0) is 10.8 Å². The Bertz CT molecular complexity index is 487. The van der Waals surface area contributed by atoms with Gasteiger partial charge in [0.1, 0.15) is 5.75 Å². The minimum Gasteiger partial charge on any atom is -0.507 e. The van der Waals surface area contributed by atoms with Crippen LogP contribution in [0.3, 0.4) is 0 Å². The summed E-state index contributed by atoms with van der Waals surface area (Å²) in [4.78, 5) is 0.921. The average Bonchev–Trinajstić information content (AvgIpc) is 2.15. The molecule has 114 valence electrons. The van der Waals surface area contributed by atoms with E-state index in [4.69, 9.17) is 0 Å². The molecule has 1 rings (SSSR count). The molecule has 0 saturated heterocycles. The lowest BCUT2D eigenvalue weighted by Crippen LogP contribution is -2.26. The summed E-state index contributed by atoms with van der Waals surface area (Å²) < 4.78 is 0. The SMILES string of the molecule is CC(C)(C)CC(C)(C)c1cc(S)cc(C(C)(C)C)c1O. The van der Waals surface area contributed by atoms with E-state index in [-0.39, 0.29) is 16.2 Å². The fourth-order valence-electron chi connectivity index (χ4n) is 3.13. The van der Waals surface area contributed by atoms with Crippen LogP contribution < -0.4 is 0 Å². The van der Waals surface area contributed by atoms with Gasteiger partial charge in [0.05, 0.1) is 0 Å². The van der Waals surface area contributed by atoms with Crippen LogP contribution in [0.5, 0.6) is 5.75 Å². The molecule has 2 heteroatoms. The second kappa shape index (κ2) is 5.29. The van der Waals surface area contributed by atoms with Crippen LogP contribution in [0.25, 0.3) is 0 Å². The van der Waals surface area contributed by atoms with Gasteiger partial charge in [0, 0.05) is 16.0 Å². The lowest BCUT2D eigenvalue weighted by Gasteiger charge is -2.35. The van der Waals surface area contributed by atoms with Gasteiger partial charge in [-0.2, -0.15) is 0 Å². The van der Waals surface area contributed by atoms with Crippen molar-refractivity contribution in [2.24, 2.45) is 5.41 Å².